The van der Waals surface area contributed by atoms with E-state index < -0.39 is 0 Å². The van der Waals surface area contributed by atoms with Gasteiger partial charge in [-0.15, -0.1) is 0 Å². The molecule has 104 valence electrons. The monoisotopic (exact) mass is 281 g/mol. The van der Waals surface area contributed by atoms with Crippen molar-refractivity contribution in [3.8, 4) is 0 Å². The van der Waals surface area contributed by atoms with Crippen LogP contribution in [0.15, 0.2) is 0 Å². The van der Waals surface area contributed by atoms with Crippen molar-refractivity contribution in [2.75, 3.05) is 24.6 Å². The van der Waals surface area contributed by atoms with E-state index in [4.69, 9.17) is 16.6 Å². The zero-order valence-corrected chi connectivity index (χ0v) is 12.0. The van der Waals surface area contributed by atoms with E-state index in [1.807, 2.05) is 6.92 Å². The molecule has 1 aliphatic carbocycles. The minimum Gasteiger partial charge on any atom is -0.396 e. The van der Waals surface area contributed by atoms with Gasteiger partial charge in [-0.05, 0) is 38.5 Å². The summed E-state index contributed by atoms with van der Waals surface area (Å²) < 4.78 is 0. The smallest absolute Gasteiger partial charge is 0.137 e. The van der Waals surface area contributed by atoms with Gasteiger partial charge in [0.25, 0.3) is 0 Å². The van der Waals surface area contributed by atoms with E-state index in [9.17, 15) is 5.11 Å². The van der Waals surface area contributed by atoms with Crippen LogP contribution in [0.1, 0.15) is 43.0 Å². The molecule has 0 amide bonds. The lowest BCUT2D eigenvalue weighted by molar-refractivity contribution is 0.202. The molecule has 2 heterocycles. The zero-order chi connectivity index (χ0) is 13.4. The summed E-state index contributed by atoms with van der Waals surface area (Å²) in [5.41, 5.74) is 0.980. The van der Waals surface area contributed by atoms with Crippen molar-refractivity contribution in [2.45, 2.75) is 38.5 Å². The molecule has 3 rings (SSSR count). The molecule has 1 aliphatic heterocycles. The summed E-state index contributed by atoms with van der Waals surface area (Å²) in [7, 11) is 0. The van der Waals surface area contributed by atoms with Crippen molar-refractivity contribution < 1.29 is 5.11 Å². The predicted octanol–water partition coefficient (Wildman–Crippen LogP) is 2.52. The number of halogens is 1. The molecular weight excluding hydrogens is 262 g/mol. The Morgan fingerprint density at radius 1 is 1.21 bits per heavy atom. The normalized spacial score (nSPS) is 20.9. The van der Waals surface area contributed by atoms with Crippen LogP contribution in [0.25, 0.3) is 0 Å². The molecule has 2 aliphatic rings. The minimum absolute atomic E-state index is 0.296. The number of piperidine rings is 1. The molecule has 0 aromatic carbocycles. The molecule has 0 radical (unpaired) electrons. The van der Waals surface area contributed by atoms with Gasteiger partial charge >= 0.3 is 0 Å². The number of anilines is 1. The Kier molecular flexibility index (Phi) is 3.63. The highest BCUT2D eigenvalue weighted by Crippen LogP contribution is 2.40. The molecule has 4 nitrogen and oxygen atoms in total. The quantitative estimate of drug-likeness (QED) is 0.865. The highest BCUT2D eigenvalue weighted by Gasteiger charge is 2.29. The largest absolute Gasteiger partial charge is 0.396 e. The van der Waals surface area contributed by atoms with Crippen molar-refractivity contribution in [1.82, 2.24) is 9.97 Å². The summed E-state index contributed by atoms with van der Waals surface area (Å²) >= 11 is 6.25. The minimum atomic E-state index is 0.296. The van der Waals surface area contributed by atoms with E-state index in [0.717, 1.165) is 43.1 Å². The summed E-state index contributed by atoms with van der Waals surface area (Å²) in [6.07, 6.45) is 4.42. The number of aliphatic hydroxyl groups excluding tert-OH is 1. The van der Waals surface area contributed by atoms with Gasteiger partial charge in [-0.2, -0.15) is 0 Å². The van der Waals surface area contributed by atoms with Crippen LogP contribution in [0, 0.1) is 12.8 Å². The average molecular weight is 282 g/mol. The van der Waals surface area contributed by atoms with Crippen LogP contribution in [0.3, 0.4) is 0 Å². The highest BCUT2D eigenvalue weighted by molar-refractivity contribution is 6.30. The third kappa shape index (κ3) is 2.70. The maximum Gasteiger partial charge on any atom is 0.137 e. The molecule has 0 bridgehead atoms. The van der Waals surface area contributed by atoms with E-state index in [0.29, 0.717) is 23.6 Å². The Labute approximate surface area is 118 Å². The fraction of sp³-hybridized carbons (Fsp3) is 0.714. The van der Waals surface area contributed by atoms with Crippen LogP contribution in [-0.4, -0.2) is 34.8 Å². The third-order valence-electron chi connectivity index (χ3n) is 4.19. The lowest BCUT2D eigenvalue weighted by Crippen LogP contribution is -2.36. The first-order chi connectivity index (χ1) is 9.19. The molecular formula is C14H20ClN3O. The Bertz CT molecular complexity index is 468. The van der Waals surface area contributed by atoms with Crippen molar-refractivity contribution in [2.24, 2.45) is 5.92 Å². The molecule has 1 aromatic rings. The van der Waals surface area contributed by atoms with Crippen molar-refractivity contribution in [1.29, 1.82) is 0 Å². The van der Waals surface area contributed by atoms with E-state index in [1.165, 1.54) is 12.8 Å². The lowest BCUT2D eigenvalue weighted by Gasteiger charge is -2.33. The molecule has 19 heavy (non-hydrogen) atoms. The summed E-state index contributed by atoms with van der Waals surface area (Å²) in [4.78, 5) is 11.4. The second-order valence-corrected chi connectivity index (χ2v) is 6.07. The highest BCUT2D eigenvalue weighted by atomic mass is 35.5. The second kappa shape index (κ2) is 5.25. The number of aliphatic hydroxyl groups is 1. The molecule has 1 N–H and O–H groups in total. The van der Waals surface area contributed by atoms with Crippen LogP contribution in [0.2, 0.25) is 5.15 Å². The maximum atomic E-state index is 9.21. The number of aromatic nitrogens is 2. The lowest BCUT2D eigenvalue weighted by atomic mass is 9.98. The van der Waals surface area contributed by atoms with Gasteiger partial charge in [-0.3, -0.25) is 0 Å². The number of rotatable bonds is 3. The molecule has 1 aromatic heterocycles. The van der Waals surface area contributed by atoms with E-state index >= 15 is 0 Å². The molecule has 1 saturated carbocycles. The first-order valence-electron chi connectivity index (χ1n) is 7.09. The Morgan fingerprint density at radius 3 is 2.47 bits per heavy atom. The van der Waals surface area contributed by atoms with Crippen molar-refractivity contribution >= 4 is 17.4 Å². The van der Waals surface area contributed by atoms with Crippen LogP contribution >= 0.6 is 11.6 Å². The van der Waals surface area contributed by atoms with Gasteiger partial charge in [-0.1, -0.05) is 11.6 Å². The van der Waals surface area contributed by atoms with Gasteiger partial charge in [0.2, 0.25) is 0 Å². The van der Waals surface area contributed by atoms with Gasteiger partial charge in [0.15, 0.2) is 0 Å². The number of hydrogen-bond donors (Lipinski definition) is 1. The van der Waals surface area contributed by atoms with E-state index in [1.54, 1.807) is 0 Å². The van der Waals surface area contributed by atoms with Gasteiger partial charge in [0.1, 0.15) is 16.8 Å². The summed E-state index contributed by atoms with van der Waals surface area (Å²) in [5.74, 6) is 2.87. The first kappa shape index (κ1) is 13.1. The fourth-order valence-electron chi connectivity index (χ4n) is 2.65. The molecule has 5 heteroatoms. The Hall–Kier alpha value is -0.870. The van der Waals surface area contributed by atoms with Crippen molar-refractivity contribution in [3.63, 3.8) is 0 Å². The maximum absolute atomic E-state index is 9.21. The number of hydrogen-bond acceptors (Lipinski definition) is 4. The molecule has 2 fully saturated rings. The fourth-order valence-corrected chi connectivity index (χ4v) is 2.82. The molecule has 1 saturated heterocycles. The Morgan fingerprint density at radius 2 is 1.89 bits per heavy atom. The summed E-state index contributed by atoms with van der Waals surface area (Å²) in [6.45, 7) is 4.18. The van der Waals surface area contributed by atoms with Crippen LogP contribution in [-0.2, 0) is 0 Å². The number of nitrogens with zero attached hydrogens (tertiary/aromatic N) is 3. The van der Waals surface area contributed by atoms with Gasteiger partial charge in [-0.25, -0.2) is 9.97 Å². The Balaban J connectivity index is 1.83. The summed E-state index contributed by atoms with van der Waals surface area (Å²) in [5, 5.41) is 9.80. The zero-order valence-electron chi connectivity index (χ0n) is 11.3. The average Bonchev–Trinajstić information content (AvgIpc) is 3.26. The molecule has 0 atom stereocenters. The van der Waals surface area contributed by atoms with Gasteiger partial charge in [0, 0.05) is 31.2 Å². The SMILES string of the molecule is Cc1c(Cl)nc(C2CC2)nc1N1CCC(CO)CC1. The predicted molar refractivity (Wildman–Crippen MR) is 75.8 cm³/mol. The first-order valence-corrected chi connectivity index (χ1v) is 7.46. The standard InChI is InChI=1S/C14H20ClN3O/c1-9-12(15)16-13(11-2-3-11)17-14(9)18-6-4-10(8-19)5-7-18/h10-11,19H,2-8H2,1H3. The summed E-state index contributed by atoms with van der Waals surface area (Å²) in [6, 6.07) is 0. The van der Waals surface area contributed by atoms with Crippen LogP contribution < -0.4 is 4.90 Å². The molecule has 0 unspecified atom stereocenters. The van der Waals surface area contributed by atoms with E-state index in [2.05, 4.69) is 9.88 Å². The van der Waals surface area contributed by atoms with Gasteiger partial charge < -0.3 is 10.0 Å². The van der Waals surface area contributed by atoms with E-state index in [-0.39, 0.29) is 0 Å². The van der Waals surface area contributed by atoms with Crippen molar-refractivity contribution in [3.05, 3.63) is 16.5 Å². The van der Waals surface area contributed by atoms with Crippen LogP contribution in [0.4, 0.5) is 5.82 Å². The van der Waals surface area contributed by atoms with Gasteiger partial charge in [0.05, 0.1) is 0 Å². The van der Waals surface area contributed by atoms with Crippen LogP contribution in [0.5, 0.6) is 0 Å². The third-order valence-corrected chi connectivity index (χ3v) is 4.56. The second-order valence-electron chi connectivity index (χ2n) is 5.71. The topological polar surface area (TPSA) is 49.2 Å². The molecule has 0 spiro atoms.